The second kappa shape index (κ2) is 8.00. The number of rotatable bonds is 8. The molecule has 0 aromatic rings. The van der Waals surface area contributed by atoms with Crippen LogP contribution in [0.2, 0.25) is 0 Å². The van der Waals surface area contributed by atoms with E-state index in [9.17, 15) is 3.50 Å². The van der Waals surface area contributed by atoms with E-state index in [1.807, 2.05) is 32.9 Å². The first-order chi connectivity index (χ1) is 8.24. The molecule has 0 atom stereocenters. The number of hydrogen-bond acceptors (Lipinski definition) is 3. The van der Waals surface area contributed by atoms with E-state index in [-0.39, 0.29) is 0 Å². The Balaban J connectivity index is 3.02. The molecule has 0 saturated carbocycles. The Labute approximate surface area is 116 Å². The average molecular weight is 384 g/mol. The summed E-state index contributed by atoms with van der Waals surface area (Å²) in [5, 5.41) is 0. The number of allylic oxidation sites excluding steroid dienone is 4. The standard InChI is InChI=1S/C5H6FGe.3C2H5O.Zr/c6-7-5-3-1-2-4-5;3*1-2-3;/h1,3H,2,7H2;3*2H2,1H3;/q;3*-1;+3. The van der Waals surface area contributed by atoms with Crippen LogP contribution in [0.1, 0.15) is 27.2 Å². The number of hydrogen-bond donors (Lipinski definition) is 0. The summed E-state index contributed by atoms with van der Waals surface area (Å²) >= 11 is -5.77. The Bertz CT molecular complexity index is 290. The van der Waals surface area contributed by atoms with Crippen LogP contribution in [-0.2, 0) is 30.0 Å². The molecule has 0 radical (unpaired) electrons. The van der Waals surface area contributed by atoms with Crippen LogP contribution in [0.4, 0.5) is 3.50 Å². The second-order valence-corrected chi connectivity index (χ2v) is 12.1. The van der Waals surface area contributed by atoms with E-state index >= 15 is 0 Å². The third-order valence-corrected chi connectivity index (χ3v) is 14.4. The molecule has 0 aromatic heterocycles. The fraction of sp³-hybridized carbons (Fsp3) is 0.636. The van der Waals surface area contributed by atoms with Gasteiger partial charge in [-0.05, 0) is 0 Å². The topological polar surface area (TPSA) is 27.7 Å². The first-order valence-corrected chi connectivity index (χ1v) is 12.9. The maximum atomic E-state index is 13.1. The third-order valence-electron chi connectivity index (χ3n) is 2.55. The fourth-order valence-corrected chi connectivity index (χ4v) is 13.5. The quantitative estimate of drug-likeness (QED) is 0.601. The Kier molecular flexibility index (Phi) is 7.42. The monoisotopic (exact) mass is 384 g/mol. The Morgan fingerprint density at radius 2 is 1.71 bits per heavy atom. The van der Waals surface area contributed by atoms with Crippen molar-refractivity contribution in [2.75, 3.05) is 19.8 Å². The summed E-state index contributed by atoms with van der Waals surface area (Å²) in [7, 11) is 0. The molecule has 6 heteroatoms. The second-order valence-electron chi connectivity index (χ2n) is 3.60. The summed E-state index contributed by atoms with van der Waals surface area (Å²) in [6, 6.07) is 0. The van der Waals surface area contributed by atoms with Crippen molar-refractivity contribution in [3.05, 3.63) is 19.8 Å². The van der Waals surface area contributed by atoms with Crippen molar-refractivity contribution in [3.8, 4) is 0 Å². The van der Waals surface area contributed by atoms with Crippen molar-refractivity contribution in [2.24, 2.45) is 0 Å². The minimum atomic E-state index is -3.67. The molecule has 0 amide bonds. The van der Waals surface area contributed by atoms with Crippen LogP contribution in [0, 0.1) is 0 Å². The van der Waals surface area contributed by atoms with Gasteiger partial charge in [-0.3, -0.25) is 0 Å². The van der Waals surface area contributed by atoms with Crippen LogP contribution < -0.4 is 0 Å². The summed E-state index contributed by atoms with van der Waals surface area (Å²) < 4.78 is 32.6. The van der Waals surface area contributed by atoms with Gasteiger partial charge in [0.05, 0.1) is 0 Å². The predicted octanol–water partition coefficient (Wildman–Crippen LogP) is 2.22. The summed E-state index contributed by atoms with van der Waals surface area (Å²) in [6.45, 7) is 7.49. The minimum absolute atomic E-state index is 0.562. The van der Waals surface area contributed by atoms with Crippen molar-refractivity contribution >= 4 is 15.9 Å². The first-order valence-electron chi connectivity index (χ1n) is 6.10. The number of halogens is 1. The van der Waals surface area contributed by atoms with Gasteiger partial charge in [0.15, 0.2) is 0 Å². The molecule has 98 valence electrons. The normalized spacial score (nSPS) is 16.7. The van der Waals surface area contributed by atoms with Crippen molar-refractivity contribution in [1.82, 2.24) is 0 Å². The molecule has 0 saturated heterocycles. The van der Waals surface area contributed by atoms with Gasteiger partial charge in [0.1, 0.15) is 0 Å². The van der Waals surface area contributed by atoms with Crippen LogP contribution in [0.5, 0.6) is 0 Å². The van der Waals surface area contributed by atoms with Gasteiger partial charge in [0, 0.05) is 0 Å². The zero-order valence-electron chi connectivity index (χ0n) is 10.8. The maximum absolute atomic E-state index is 13.1. The van der Waals surface area contributed by atoms with Gasteiger partial charge >= 0.3 is 116 Å². The van der Waals surface area contributed by atoms with E-state index in [4.69, 9.17) is 8.44 Å². The van der Waals surface area contributed by atoms with Crippen molar-refractivity contribution in [3.63, 3.8) is 0 Å². The molecule has 0 spiro atoms. The van der Waals surface area contributed by atoms with E-state index in [0.717, 1.165) is 14.1 Å². The van der Waals surface area contributed by atoms with Crippen LogP contribution in [0.25, 0.3) is 0 Å². The molecule has 1 aliphatic carbocycles. The van der Waals surface area contributed by atoms with E-state index in [0.29, 0.717) is 19.8 Å². The molecule has 17 heavy (non-hydrogen) atoms. The third kappa shape index (κ3) is 3.84. The van der Waals surface area contributed by atoms with E-state index in [1.54, 1.807) is 0 Å². The molecule has 1 rings (SSSR count). The molecular formula is C11H21FGeO3Zr. The van der Waals surface area contributed by atoms with Crippen molar-refractivity contribution < 1.29 is 33.5 Å². The summed E-state index contributed by atoms with van der Waals surface area (Å²) in [4.78, 5) is 0. The van der Waals surface area contributed by atoms with E-state index in [2.05, 4.69) is 0 Å². The van der Waals surface area contributed by atoms with Crippen LogP contribution in [0.15, 0.2) is 19.8 Å². The zero-order valence-corrected chi connectivity index (χ0v) is 16.2. The van der Waals surface area contributed by atoms with Gasteiger partial charge in [-0.25, -0.2) is 0 Å². The van der Waals surface area contributed by atoms with Gasteiger partial charge in [-0.2, -0.15) is 0 Å². The Morgan fingerprint density at radius 1 is 1.18 bits per heavy atom. The van der Waals surface area contributed by atoms with Gasteiger partial charge in [-0.1, -0.05) is 0 Å². The zero-order chi connectivity index (χ0) is 12.7. The molecule has 0 N–H and O–H groups in total. The van der Waals surface area contributed by atoms with Crippen LogP contribution in [0.3, 0.4) is 0 Å². The predicted molar refractivity (Wildman–Crippen MR) is 65.3 cm³/mol. The molecule has 1 aliphatic rings. The molecule has 0 aromatic carbocycles. The summed E-state index contributed by atoms with van der Waals surface area (Å²) in [5.41, 5.74) is 0. The van der Waals surface area contributed by atoms with Crippen molar-refractivity contribution in [1.29, 1.82) is 0 Å². The summed E-state index contributed by atoms with van der Waals surface area (Å²) in [5.74, 6) is 0. The first kappa shape index (κ1) is 15.8. The summed E-state index contributed by atoms with van der Waals surface area (Å²) in [6.07, 6.45) is 4.65. The molecule has 0 heterocycles. The Hall–Kier alpha value is 0.716. The Morgan fingerprint density at radius 3 is 2.12 bits per heavy atom. The molecule has 3 nitrogen and oxygen atoms in total. The molecule has 0 fully saturated rings. The molecular weight excluding hydrogens is 363 g/mol. The molecule has 0 bridgehead atoms. The van der Waals surface area contributed by atoms with Gasteiger partial charge in [-0.15, -0.1) is 0 Å². The SMILES string of the molecule is CC[O][Zr]([O]CC)([O]CC)[C]1=[C]([GeH2][F])C=CC1. The average Bonchev–Trinajstić information content (AvgIpc) is 2.78. The van der Waals surface area contributed by atoms with Crippen LogP contribution >= 0.6 is 0 Å². The van der Waals surface area contributed by atoms with Crippen LogP contribution in [-0.4, -0.2) is 35.7 Å². The van der Waals surface area contributed by atoms with E-state index in [1.165, 1.54) is 0 Å². The molecule has 0 aliphatic heterocycles. The van der Waals surface area contributed by atoms with Crippen molar-refractivity contribution in [2.45, 2.75) is 27.2 Å². The van der Waals surface area contributed by atoms with E-state index < -0.39 is 37.5 Å². The van der Waals surface area contributed by atoms with Gasteiger partial charge in [0.25, 0.3) is 0 Å². The molecule has 0 unspecified atom stereocenters. The fourth-order valence-electron chi connectivity index (χ4n) is 1.95. The van der Waals surface area contributed by atoms with Gasteiger partial charge < -0.3 is 0 Å². The van der Waals surface area contributed by atoms with Gasteiger partial charge in [0.2, 0.25) is 0 Å².